The Morgan fingerprint density at radius 3 is 2.67 bits per heavy atom. The molecule has 1 amide bonds. The number of carbonyl (C=O) groups is 1. The molecule has 0 bridgehead atoms. The molecule has 0 aromatic carbocycles. The van der Waals surface area contributed by atoms with Crippen molar-refractivity contribution in [1.82, 2.24) is 5.32 Å². The van der Waals surface area contributed by atoms with E-state index in [9.17, 15) is 9.90 Å². The van der Waals surface area contributed by atoms with Crippen molar-refractivity contribution in [3.05, 3.63) is 11.8 Å². The van der Waals surface area contributed by atoms with Crippen molar-refractivity contribution in [3.8, 4) is 0 Å². The average Bonchev–Trinajstić information content (AvgIpc) is 3.34. The highest BCUT2D eigenvalue weighted by molar-refractivity contribution is 5.91. The summed E-state index contributed by atoms with van der Waals surface area (Å²) >= 11 is 0. The van der Waals surface area contributed by atoms with Crippen LogP contribution in [0.25, 0.3) is 0 Å². The van der Waals surface area contributed by atoms with Crippen LogP contribution in [-0.2, 0) is 14.3 Å². The van der Waals surface area contributed by atoms with E-state index in [1.807, 2.05) is 13.0 Å². The van der Waals surface area contributed by atoms with Gasteiger partial charge < -0.3 is 19.9 Å². The lowest BCUT2D eigenvalue weighted by Gasteiger charge is -2.42. The molecule has 0 spiro atoms. The maximum absolute atomic E-state index is 12.5. The Morgan fingerprint density at radius 2 is 2.12 bits per heavy atom. The second-order valence-corrected chi connectivity index (χ2v) is 8.05. The number of allylic oxidation sites excluding steroid dienone is 1. The SMILES string of the molecule is CCO[C@@H]1OC(C(=O)NCC2CC2)=C[C@H](C(C)(C)C)[C@H]1CCCO. The average molecular weight is 339 g/mol. The Kier molecular flexibility index (Phi) is 6.70. The van der Waals surface area contributed by atoms with E-state index in [1.165, 1.54) is 12.8 Å². The smallest absolute Gasteiger partial charge is 0.286 e. The second-order valence-electron chi connectivity index (χ2n) is 8.05. The number of aliphatic hydroxyl groups is 1. The molecule has 0 unspecified atom stereocenters. The maximum Gasteiger partial charge on any atom is 0.286 e. The summed E-state index contributed by atoms with van der Waals surface area (Å²) in [5.41, 5.74) is -0.0126. The van der Waals surface area contributed by atoms with E-state index in [1.54, 1.807) is 0 Å². The summed E-state index contributed by atoms with van der Waals surface area (Å²) in [6.07, 6.45) is 5.47. The molecule has 0 aromatic rings. The largest absolute Gasteiger partial charge is 0.459 e. The normalized spacial score (nSPS) is 27.4. The Morgan fingerprint density at radius 1 is 1.42 bits per heavy atom. The minimum absolute atomic E-state index is 0.0126. The van der Waals surface area contributed by atoms with Gasteiger partial charge in [-0.05, 0) is 55.9 Å². The lowest BCUT2D eigenvalue weighted by atomic mass is 9.70. The molecule has 0 aromatic heterocycles. The van der Waals surface area contributed by atoms with Crippen molar-refractivity contribution in [2.45, 2.75) is 59.7 Å². The first kappa shape index (κ1) is 19.3. The first-order valence-electron chi connectivity index (χ1n) is 9.26. The highest BCUT2D eigenvalue weighted by Crippen LogP contribution is 2.42. The van der Waals surface area contributed by atoms with E-state index in [0.717, 1.165) is 13.0 Å². The zero-order chi connectivity index (χ0) is 17.7. The summed E-state index contributed by atoms with van der Waals surface area (Å²) < 4.78 is 11.7. The van der Waals surface area contributed by atoms with Crippen molar-refractivity contribution >= 4 is 5.91 Å². The number of rotatable bonds is 8. The Balaban J connectivity index is 2.16. The number of amides is 1. The number of nitrogens with one attached hydrogen (secondary N) is 1. The van der Waals surface area contributed by atoms with E-state index in [0.29, 0.717) is 24.7 Å². The molecular weight excluding hydrogens is 306 g/mol. The van der Waals surface area contributed by atoms with Gasteiger partial charge in [0.1, 0.15) is 0 Å². The number of hydrogen-bond acceptors (Lipinski definition) is 4. The predicted molar refractivity (Wildman–Crippen MR) is 93.1 cm³/mol. The van der Waals surface area contributed by atoms with E-state index in [-0.39, 0.29) is 29.8 Å². The van der Waals surface area contributed by atoms with Gasteiger partial charge in [0.2, 0.25) is 6.29 Å². The first-order valence-corrected chi connectivity index (χ1v) is 9.26. The molecule has 2 aliphatic rings. The van der Waals surface area contributed by atoms with Crippen LogP contribution in [0.2, 0.25) is 0 Å². The summed E-state index contributed by atoms with van der Waals surface area (Å²) in [5, 5.41) is 12.2. The van der Waals surface area contributed by atoms with Crippen molar-refractivity contribution in [3.63, 3.8) is 0 Å². The van der Waals surface area contributed by atoms with Crippen molar-refractivity contribution in [2.75, 3.05) is 19.8 Å². The topological polar surface area (TPSA) is 67.8 Å². The molecule has 2 rings (SSSR count). The van der Waals surface area contributed by atoms with Crippen LogP contribution < -0.4 is 5.32 Å². The molecule has 5 nitrogen and oxygen atoms in total. The third kappa shape index (κ3) is 5.21. The second kappa shape index (κ2) is 8.34. The van der Waals surface area contributed by atoms with Gasteiger partial charge in [-0.25, -0.2) is 0 Å². The van der Waals surface area contributed by atoms with Gasteiger partial charge in [0, 0.05) is 25.7 Å². The summed E-state index contributed by atoms with van der Waals surface area (Å²) in [6.45, 7) is 9.88. The standard InChI is InChI=1S/C19H33NO4/c1-5-23-18-14(7-6-10-21)15(19(2,3)4)11-16(24-18)17(22)20-12-13-8-9-13/h11,13-15,18,21H,5-10,12H2,1-4H3,(H,20,22)/t14-,15+,18-/m1/s1. The van der Waals surface area contributed by atoms with Gasteiger partial charge in [-0.15, -0.1) is 0 Å². The van der Waals surface area contributed by atoms with Crippen molar-refractivity contribution < 1.29 is 19.4 Å². The van der Waals surface area contributed by atoms with Gasteiger partial charge in [0.05, 0.1) is 0 Å². The molecule has 0 saturated heterocycles. The lowest BCUT2D eigenvalue weighted by Crippen LogP contribution is -2.43. The summed E-state index contributed by atoms with van der Waals surface area (Å²) in [5.74, 6) is 1.18. The molecule has 5 heteroatoms. The molecule has 2 N–H and O–H groups in total. The van der Waals surface area contributed by atoms with Gasteiger partial charge in [0.25, 0.3) is 5.91 Å². The van der Waals surface area contributed by atoms with Crippen molar-refractivity contribution in [1.29, 1.82) is 0 Å². The van der Waals surface area contributed by atoms with Crippen LogP contribution in [0.5, 0.6) is 0 Å². The van der Waals surface area contributed by atoms with Crippen LogP contribution in [0.1, 0.15) is 53.4 Å². The van der Waals surface area contributed by atoms with E-state index in [2.05, 4.69) is 26.1 Å². The van der Waals surface area contributed by atoms with E-state index >= 15 is 0 Å². The fraction of sp³-hybridized carbons (Fsp3) is 0.842. The van der Waals surface area contributed by atoms with Crippen LogP contribution in [0.15, 0.2) is 11.8 Å². The van der Waals surface area contributed by atoms with Gasteiger partial charge in [0.15, 0.2) is 5.76 Å². The molecular formula is C19H33NO4. The number of hydrogen-bond donors (Lipinski definition) is 2. The predicted octanol–water partition coefficient (Wildman–Crippen LogP) is 2.84. The number of aliphatic hydroxyl groups excluding tert-OH is 1. The van der Waals surface area contributed by atoms with Gasteiger partial charge in [-0.1, -0.05) is 20.8 Å². The highest BCUT2D eigenvalue weighted by Gasteiger charge is 2.42. The molecule has 1 aliphatic carbocycles. The third-order valence-corrected chi connectivity index (χ3v) is 4.88. The molecule has 0 radical (unpaired) electrons. The quantitative estimate of drug-likeness (QED) is 0.713. The van der Waals surface area contributed by atoms with E-state index < -0.39 is 6.29 Å². The van der Waals surface area contributed by atoms with Gasteiger partial charge in [-0.3, -0.25) is 4.79 Å². The Labute approximate surface area is 145 Å². The summed E-state index contributed by atoms with van der Waals surface area (Å²) in [4.78, 5) is 12.5. The monoisotopic (exact) mass is 339 g/mol. The highest BCUT2D eigenvalue weighted by atomic mass is 16.7. The zero-order valence-corrected chi connectivity index (χ0v) is 15.5. The van der Waals surface area contributed by atoms with Crippen LogP contribution in [-0.4, -0.2) is 37.1 Å². The minimum atomic E-state index is -0.433. The molecule has 3 atom stereocenters. The maximum atomic E-state index is 12.5. The minimum Gasteiger partial charge on any atom is -0.459 e. The lowest BCUT2D eigenvalue weighted by molar-refractivity contribution is -0.179. The Hall–Kier alpha value is -1.07. The number of ether oxygens (including phenoxy) is 2. The van der Waals surface area contributed by atoms with Crippen LogP contribution >= 0.6 is 0 Å². The van der Waals surface area contributed by atoms with Gasteiger partial charge >= 0.3 is 0 Å². The molecule has 138 valence electrons. The van der Waals surface area contributed by atoms with Crippen LogP contribution in [0.3, 0.4) is 0 Å². The van der Waals surface area contributed by atoms with Crippen molar-refractivity contribution in [2.24, 2.45) is 23.2 Å². The molecule has 24 heavy (non-hydrogen) atoms. The van der Waals surface area contributed by atoms with Crippen LogP contribution in [0, 0.1) is 23.2 Å². The third-order valence-electron chi connectivity index (χ3n) is 4.88. The zero-order valence-electron chi connectivity index (χ0n) is 15.5. The molecule has 1 saturated carbocycles. The summed E-state index contributed by atoms with van der Waals surface area (Å²) in [7, 11) is 0. The Bertz CT molecular complexity index is 451. The first-order chi connectivity index (χ1) is 11.4. The summed E-state index contributed by atoms with van der Waals surface area (Å²) in [6, 6.07) is 0. The van der Waals surface area contributed by atoms with E-state index in [4.69, 9.17) is 9.47 Å². The fourth-order valence-electron chi connectivity index (χ4n) is 3.34. The molecule has 1 fully saturated rings. The molecule has 1 aliphatic heterocycles. The number of carbonyl (C=O) groups excluding carboxylic acids is 1. The van der Waals surface area contributed by atoms with Crippen LogP contribution in [0.4, 0.5) is 0 Å². The van der Waals surface area contributed by atoms with Gasteiger partial charge in [-0.2, -0.15) is 0 Å². The fourth-order valence-corrected chi connectivity index (χ4v) is 3.34. The molecule has 1 heterocycles.